The number of benzene rings is 1. The van der Waals surface area contributed by atoms with Crippen LogP contribution in [-0.4, -0.2) is 72.4 Å². The fourth-order valence-corrected chi connectivity index (χ4v) is 6.15. The Labute approximate surface area is 170 Å². The van der Waals surface area contributed by atoms with Crippen LogP contribution in [0.3, 0.4) is 0 Å². The van der Waals surface area contributed by atoms with Crippen LogP contribution in [0.1, 0.15) is 40.3 Å². The van der Waals surface area contributed by atoms with Crippen molar-refractivity contribution < 1.29 is 9.59 Å². The zero-order chi connectivity index (χ0) is 19.1. The van der Waals surface area contributed by atoms with Gasteiger partial charge in [-0.15, -0.1) is 23.5 Å². The molecule has 27 heavy (non-hydrogen) atoms. The SMILES string of the molecule is CCCCNC(=O)CN1CCN(C(=O)c2ccc(C3SCCS3)cc2)CC1. The molecule has 148 valence electrons. The molecule has 0 radical (unpaired) electrons. The van der Waals surface area contributed by atoms with Crippen molar-refractivity contribution in [2.75, 3.05) is 50.8 Å². The number of rotatable bonds is 7. The monoisotopic (exact) mass is 407 g/mol. The van der Waals surface area contributed by atoms with Gasteiger partial charge in [-0.3, -0.25) is 14.5 Å². The van der Waals surface area contributed by atoms with E-state index < -0.39 is 0 Å². The summed E-state index contributed by atoms with van der Waals surface area (Å²) in [6, 6.07) is 8.12. The molecule has 0 aromatic heterocycles. The first-order chi connectivity index (χ1) is 13.2. The molecule has 0 aliphatic carbocycles. The van der Waals surface area contributed by atoms with E-state index in [2.05, 4.69) is 29.3 Å². The molecule has 2 heterocycles. The number of carbonyl (C=O) groups excluding carboxylic acids is 2. The molecule has 2 saturated heterocycles. The van der Waals surface area contributed by atoms with Crippen molar-refractivity contribution in [1.82, 2.24) is 15.1 Å². The third-order valence-corrected chi connectivity index (χ3v) is 8.04. The second kappa shape index (κ2) is 10.4. The summed E-state index contributed by atoms with van der Waals surface area (Å²) >= 11 is 3.96. The van der Waals surface area contributed by atoms with Crippen LogP contribution in [0.4, 0.5) is 0 Å². The normalized spacial score (nSPS) is 18.6. The molecule has 2 aliphatic rings. The van der Waals surface area contributed by atoms with Gasteiger partial charge in [0.05, 0.1) is 11.1 Å². The Kier molecular flexibility index (Phi) is 7.91. The van der Waals surface area contributed by atoms with Gasteiger partial charge < -0.3 is 10.2 Å². The van der Waals surface area contributed by atoms with Crippen molar-refractivity contribution in [2.24, 2.45) is 0 Å². The number of thioether (sulfide) groups is 2. The highest BCUT2D eigenvalue weighted by Crippen LogP contribution is 2.45. The van der Waals surface area contributed by atoms with E-state index in [1.54, 1.807) is 0 Å². The Hall–Kier alpha value is -1.18. The first kappa shape index (κ1) is 20.6. The van der Waals surface area contributed by atoms with Gasteiger partial charge in [0.2, 0.25) is 5.91 Å². The lowest BCUT2D eigenvalue weighted by Gasteiger charge is -2.34. The molecular formula is C20H29N3O2S2. The molecule has 1 N–H and O–H groups in total. The molecule has 2 fully saturated rings. The second-order valence-electron chi connectivity index (χ2n) is 6.97. The average Bonchev–Trinajstić information content (AvgIpc) is 3.23. The van der Waals surface area contributed by atoms with Crippen molar-refractivity contribution in [3.63, 3.8) is 0 Å². The van der Waals surface area contributed by atoms with E-state index in [9.17, 15) is 9.59 Å². The van der Waals surface area contributed by atoms with Crippen LogP contribution >= 0.6 is 23.5 Å². The molecule has 1 aromatic rings. The Balaban J connectivity index is 1.44. The molecule has 7 heteroatoms. The summed E-state index contributed by atoms with van der Waals surface area (Å²) in [7, 11) is 0. The number of carbonyl (C=O) groups is 2. The van der Waals surface area contributed by atoms with Crippen molar-refractivity contribution in [3.05, 3.63) is 35.4 Å². The van der Waals surface area contributed by atoms with Crippen molar-refractivity contribution in [2.45, 2.75) is 24.3 Å². The van der Waals surface area contributed by atoms with Gasteiger partial charge in [-0.1, -0.05) is 25.5 Å². The second-order valence-corrected chi connectivity index (χ2v) is 9.69. The van der Waals surface area contributed by atoms with Crippen LogP contribution in [0, 0.1) is 0 Å². The highest BCUT2D eigenvalue weighted by atomic mass is 32.2. The molecule has 0 atom stereocenters. The Morgan fingerprint density at radius 3 is 2.37 bits per heavy atom. The van der Waals surface area contributed by atoms with Crippen LogP contribution < -0.4 is 5.32 Å². The van der Waals surface area contributed by atoms with Gasteiger partial charge in [0, 0.05) is 49.8 Å². The molecule has 1 aromatic carbocycles. The van der Waals surface area contributed by atoms with Crippen LogP contribution in [0.5, 0.6) is 0 Å². The van der Waals surface area contributed by atoms with E-state index in [1.165, 1.54) is 17.1 Å². The smallest absolute Gasteiger partial charge is 0.253 e. The minimum Gasteiger partial charge on any atom is -0.355 e. The number of hydrogen-bond acceptors (Lipinski definition) is 5. The quantitative estimate of drug-likeness (QED) is 0.705. The van der Waals surface area contributed by atoms with E-state index in [4.69, 9.17) is 0 Å². The van der Waals surface area contributed by atoms with Gasteiger partial charge in [-0.05, 0) is 24.1 Å². The fourth-order valence-electron chi connectivity index (χ4n) is 3.29. The molecule has 3 rings (SSSR count). The van der Waals surface area contributed by atoms with Gasteiger partial charge in [0.15, 0.2) is 0 Å². The molecule has 0 spiro atoms. The molecule has 5 nitrogen and oxygen atoms in total. The predicted molar refractivity (Wildman–Crippen MR) is 114 cm³/mol. The lowest BCUT2D eigenvalue weighted by atomic mass is 10.1. The van der Waals surface area contributed by atoms with Crippen LogP contribution in [0.15, 0.2) is 24.3 Å². The van der Waals surface area contributed by atoms with Gasteiger partial charge >= 0.3 is 0 Å². The van der Waals surface area contributed by atoms with Crippen molar-refractivity contribution >= 4 is 35.3 Å². The van der Waals surface area contributed by atoms with Crippen molar-refractivity contribution in [1.29, 1.82) is 0 Å². The maximum Gasteiger partial charge on any atom is 0.253 e. The molecule has 0 unspecified atom stereocenters. The minimum atomic E-state index is 0.0847. The summed E-state index contributed by atoms with van der Waals surface area (Å²) in [6.45, 7) is 6.15. The third kappa shape index (κ3) is 5.90. The van der Waals surface area contributed by atoms with Crippen LogP contribution in [0.25, 0.3) is 0 Å². The maximum absolute atomic E-state index is 12.8. The molecule has 2 aliphatic heterocycles. The third-order valence-electron chi connectivity index (χ3n) is 4.93. The van der Waals surface area contributed by atoms with E-state index in [0.29, 0.717) is 24.2 Å². The van der Waals surface area contributed by atoms with Crippen LogP contribution in [-0.2, 0) is 4.79 Å². The summed E-state index contributed by atoms with van der Waals surface area (Å²) in [5.74, 6) is 2.59. The number of amides is 2. The van der Waals surface area contributed by atoms with E-state index >= 15 is 0 Å². The highest BCUT2D eigenvalue weighted by molar-refractivity contribution is 8.19. The minimum absolute atomic E-state index is 0.0847. The zero-order valence-electron chi connectivity index (χ0n) is 16.0. The van der Waals surface area contributed by atoms with Crippen molar-refractivity contribution in [3.8, 4) is 0 Å². The van der Waals surface area contributed by atoms with Gasteiger partial charge in [-0.25, -0.2) is 0 Å². The van der Waals surface area contributed by atoms with E-state index in [-0.39, 0.29) is 11.8 Å². The zero-order valence-corrected chi connectivity index (χ0v) is 17.6. The molecule has 0 saturated carbocycles. The lowest BCUT2D eigenvalue weighted by Crippen LogP contribution is -2.51. The Bertz CT molecular complexity index is 625. The lowest BCUT2D eigenvalue weighted by molar-refractivity contribution is -0.122. The van der Waals surface area contributed by atoms with Gasteiger partial charge in [-0.2, -0.15) is 0 Å². The largest absolute Gasteiger partial charge is 0.355 e. The number of unbranched alkanes of at least 4 members (excludes halogenated alkanes) is 1. The molecular weight excluding hydrogens is 378 g/mol. The summed E-state index contributed by atoms with van der Waals surface area (Å²) in [5, 5.41) is 2.95. The first-order valence-corrected chi connectivity index (χ1v) is 11.9. The Morgan fingerprint density at radius 1 is 1.07 bits per heavy atom. The van der Waals surface area contributed by atoms with Gasteiger partial charge in [0.1, 0.15) is 0 Å². The topological polar surface area (TPSA) is 52.7 Å². The summed E-state index contributed by atoms with van der Waals surface area (Å²) in [4.78, 5) is 28.7. The van der Waals surface area contributed by atoms with Gasteiger partial charge in [0.25, 0.3) is 5.91 Å². The number of nitrogens with zero attached hydrogens (tertiary/aromatic N) is 2. The maximum atomic E-state index is 12.8. The summed E-state index contributed by atoms with van der Waals surface area (Å²) < 4.78 is 0.515. The average molecular weight is 408 g/mol. The van der Waals surface area contributed by atoms with E-state index in [0.717, 1.165) is 38.0 Å². The standard InChI is InChI=1S/C20H29N3O2S2/c1-2-3-8-21-18(24)15-22-9-11-23(12-10-22)19(25)16-4-6-17(7-5-16)20-26-13-14-27-20/h4-7,20H,2-3,8-15H2,1H3,(H,21,24). The number of hydrogen-bond donors (Lipinski definition) is 1. The predicted octanol–water partition coefficient (Wildman–Crippen LogP) is 2.84. The summed E-state index contributed by atoms with van der Waals surface area (Å²) in [5.41, 5.74) is 2.07. The number of nitrogens with one attached hydrogen (secondary N) is 1. The number of piperazine rings is 1. The summed E-state index contributed by atoms with van der Waals surface area (Å²) in [6.07, 6.45) is 2.10. The highest BCUT2D eigenvalue weighted by Gasteiger charge is 2.24. The Morgan fingerprint density at radius 2 is 1.74 bits per heavy atom. The fraction of sp³-hybridized carbons (Fsp3) is 0.600. The van der Waals surface area contributed by atoms with Crippen LogP contribution in [0.2, 0.25) is 0 Å². The van der Waals surface area contributed by atoms with E-state index in [1.807, 2.05) is 40.6 Å². The molecule has 0 bridgehead atoms. The first-order valence-electron chi connectivity index (χ1n) is 9.79. The molecule has 2 amide bonds.